The maximum Gasteiger partial charge on any atom is 0.0656 e. The van der Waals surface area contributed by atoms with Crippen molar-refractivity contribution in [2.24, 2.45) is 0 Å². The number of nitrogens with two attached hydrogens (primary N) is 1. The molecule has 0 aliphatic carbocycles. The van der Waals surface area contributed by atoms with Crippen molar-refractivity contribution in [3.05, 3.63) is 59.4 Å². The number of aromatic nitrogens is 1. The van der Waals surface area contributed by atoms with Gasteiger partial charge in [0.05, 0.1) is 10.7 Å². The normalized spacial score (nSPS) is 10.7. The molecule has 1 aromatic heterocycles. The molecule has 0 spiro atoms. The van der Waals surface area contributed by atoms with E-state index in [2.05, 4.69) is 10.3 Å². The highest BCUT2D eigenvalue weighted by molar-refractivity contribution is 6.33. The third-order valence-corrected chi connectivity index (χ3v) is 3.62. The number of fused-ring (bicyclic) bond motifs is 1. The van der Waals surface area contributed by atoms with Gasteiger partial charge in [0.2, 0.25) is 0 Å². The maximum atomic E-state index is 6.10. The fraction of sp³-hybridized carbons (Fsp3) is 0.0625. The monoisotopic (exact) mass is 283 g/mol. The van der Waals surface area contributed by atoms with Crippen molar-refractivity contribution in [2.75, 3.05) is 11.1 Å². The van der Waals surface area contributed by atoms with Crippen molar-refractivity contribution >= 4 is 39.4 Å². The minimum Gasteiger partial charge on any atom is -0.398 e. The first-order valence-electron chi connectivity index (χ1n) is 6.30. The zero-order chi connectivity index (χ0) is 14.1. The van der Waals surface area contributed by atoms with Crippen molar-refractivity contribution in [1.82, 2.24) is 4.98 Å². The summed E-state index contributed by atoms with van der Waals surface area (Å²) < 4.78 is 0. The van der Waals surface area contributed by atoms with E-state index < -0.39 is 0 Å². The molecule has 0 bridgehead atoms. The van der Waals surface area contributed by atoms with Gasteiger partial charge in [-0.3, -0.25) is 4.98 Å². The number of pyridine rings is 1. The van der Waals surface area contributed by atoms with Gasteiger partial charge in [-0.15, -0.1) is 0 Å². The second-order valence-electron chi connectivity index (χ2n) is 4.72. The Bertz CT molecular complexity index is 779. The molecule has 0 saturated carbocycles. The number of anilines is 3. The molecule has 3 rings (SSSR count). The van der Waals surface area contributed by atoms with E-state index in [-0.39, 0.29) is 0 Å². The number of rotatable bonds is 2. The summed E-state index contributed by atoms with van der Waals surface area (Å²) in [6.07, 6.45) is 3.64. The zero-order valence-corrected chi connectivity index (χ0v) is 11.8. The van der Waals surface area contributed by atoms with Gasteiger partial charge in [-0.2, -0.15) is 0 Å². The minimum atomic E-state index is 0.556. The Kier molecular flexibility index (Phi) is 3.20. The van der Waals surface area contributed by atoms with E-state index in [1.54, 1.807) is 6.20 Å². The predicted molar refractivity (Wildman–Crippen MR) is 85.6 cm³/mol. The van der Waals surface area contributed by atoms with Gasteiger partial charge in [0.15, 0.2) is 0 Å². The number of benzene rings is 2. The number of nitrogens with zero attached hydrogens (tertiary/aromatic N) is 1. The highest BCUT2D eigenvalue weighted by Gasteiger charge is 2.06. The molecular formula is C16H14ClN3. The van der Waals surface area contributed by atoms with Crippen LogP contribution in [0.4, 0.5) is 17.1 Å². The Hall–Kier alpha value is -2.26. The third kappa shape index (κ3) is 2.28. The van der Waals surface area contributed by atoms with Gasteiger partial charge in [-0.1, -0.05) is 23.7 Å². The number of aryl methyl sites for hydroxylation is 1. The Balaban J connectivity index is 2.08. The lowest BCUT2D eigenvalue weighted by Gasteiger charge is -2.13. The van der Waals surface area contributed by atoms with Crippen LogP contribution in [-0.4, -0.2) is 4.98 Å². The summed E-state index contributed by atoms with van der Waals surface area (Å²) in [5.74, 6) is 0. The maximum absolute atomic E-state index is 6.10. The molecule has 0 fully saturated rings. The van der Waals surface area contributed by atoms with Gasteiger partial charge in [0, 0.05) is 34.5 Å². The average molecular weight is 284 g/mol. The summed E-state index contributed by atoms with van der Waals surface area (Å²) in [4.78, 5) is 4.14. The smallest absolute Gasteiger partial charge is 0.0656 e. The quantitative estimate of drug-likeness (QED) is 0.680. The van der Waals surface area contributed by atoms with E-state index in [4.69, 9.17) is 17.3 Å². The lowest BCUT2D eigenvalue weighted by molar-refractivity contribution is 1.36. The number of hydrogen-bond acceptors (Lipinski definition) is 3. The third-order valence-electron chi connectivity index (χ3n) is 3.29. The first-order valence-corrected chi connectivity index (χ1v) is 6.68. The standard InChI is InChI=1S/C16H14ClN3/c1-10-7-14(18)13(17)8-16(10)20-15-4-2-3-11-9-19-6-5-12(11)15/h2-9,20H,18H2,1H3. The zero-order valence-electron chi connectivity index (χ0n) is 11.0. The van der Waals surface area contributed by atoms with Crippen LogP contribution in [0.3, 0.4) is 0 Å². The van der Waals surface area contributed by atoms with Gasteiger partial charge < -0.3 is 11.1 Å². The van der Waals surface area contributed by atoms with Crippen LogP contribution >= 0.6 is 11.6 Å². The van der Waals surface area contributed by atoms with Gasteiger partial charge in [0.1, 0.15) is 0 Å². The molecule has 0 radical (unpaired) electrons. The van der Waals surface area contributed by atoms with Crippen LogP contribution in [0.5, 0.6) is 0 Å². The Morgan fingerprint density at radius 1 is 1.15 bits per heavy atom. The molecule has 0 aliphatic heterocycles. The van der Waals surface area contributed by atoms with Gasteiger partial charge in [-0.05, 0) is 36.8 Å². The van der Waals surface area contributed by atoms with E-state index >= 15 is 0 Å². The molecule has 0 aliphatic rings. The number of nitrogen functional groups attached to an aromatic ring is 1. The number of hydrogen-bond donors (Lipinski definition) is 2. The summed E-state index contributed by atoms with van der Waals surface area (Å²) in [6, 6.07) is 11.8. The molecule has 3 N–H and O–H groups in total. The summed E-state index contributed by atoms with van der Waals surface area (Å²) >= 11 is 6.10. The van der Waals surface area contributed by atoms with Crippen molar-refractivity contribution in [1.29, 1.82) is 0 Å². The molecule has 3 aromatic rings. The predicted octanol–water partition coefficient (Wildman–Crippen LogP) is 4.52. The Morgan fingerprint density at radius 3 is 2.85 bits per heavy atom. The first-order chi connectivity index (χ1) is 9.65. The van der Waals surface area contributed by atoms with Crippen LogP contribution in [0.2, 0.25) is 5.02 Å². The topological polar surface area (TPSA) is 50.9 Å². The molecule has 100 valence electrons. The van der Waals surface area contributed by atoms with Crippen molar-refractivity contribution < 1.29 is 0 Å². The molecule has 0 unspecified atom stereocenters. The van der Waals surface area contributed by atoms with Crippen molar-refractivity contribution in [2.45, 2.75) is 6.92 Å². The molecule has 1 heterocycles. The summed E-state index contributed by atoms with van der Waals surface area (Å²) in [6.45, 7) is 2.00. The molecule has 20 heavy (non-hydrogen) atoms. The van der Waals surface area contributed by atoms with Gasteiger partial charge in [0.25, 0.3) is 0 Å². The van der Waals surface area contributed by atoms with Gasteiger partial charge >= 0.3 is 0 Å². The van der Waals surface area contributed by atoms with E-state index in [9.17, 15) is 0 Å². The van der Waals surface area contributed by atoms with Crippen LogP contribution in [0.15, 0.2) is 48.8 Å². The Labute approximate surface area is 122 Å². The van der Waals surface area contributed by atoms with E-state index in [1.807, 2.05) is 49.5 Å². The largest absolute Gasteiger partial charge is 0.398 e. The summed E-state index contributed by atoms with van der Waals surface area (Å²) in [5.41, 5.74) is 9.43. The molecule has 3 nitrogen and oxygen atoms in total. The SMILES string of the molecule is Cc1cc(N)c(Cl)cc1Nc1cccc2cnccc12. The molecule has 0 atom stereocenters. The van der Waals surface area contributed by atoms with Crippen LogP contribution in [0, 0.1) is 6.92 Å². The van der Waals surface area contributed by atoms with Crippen LogP contribution in [-0.2, 0) is 0 Å². The van der Waals surface area contributed by atoms with E-state index in [0.29, 0.717) is 10.7 Å². The fourth-order valence-electron chi connectivity index (χ4n) is 2.22. The minimum absolute atomic E-state index is 0.556. The highest BCUT2D eigenvalue weighted by atomic mass is 35.5. The van der Waals surface area contributed by atoms with Crippen LogP contribution < -0.4 is 11.1 Å². The molecule has 4 heteroatoms. The highest BCUT2D eigenvalue weighted by Crippen LogP contribution is 2.31. The van der Waals surface area contributed by atoms with Gasteiger partial charge in [-0.25, -0.2) is 0 Å². The summed E-state index contributed by atoms with van der Waals surface area (Å²) in [5, 5.41) is 6.19. The van der Waals surface area contributed by atoms with Crippen molar-refractivity contribution in [3.8, 4) is 0 Å². The average Bonchev–Trinajstić information content (AvgIpc) is 2.45. The van der Waals surface area contributed by atoms with Crippen LogP contribution in [0.25, 0.3) is 10.8 Å². The lowest BCUT2D eigenvalue weighted by atomic mass is 10.1. The first kappa shape index (κ1) is 12.8. The molecule has 2 aromatic carbocycles. The second-order valence-corrected chi connectivity index (χ2v) is 5.12. The van der Waals surface area contributed by atoms with E-state index in [0.717, 1.165) is 27.7 Å². The van der Waals surface area contributed by atoms with Crippen molar-refractivity contribution in [3.63, 3.8) is 0 Å². The van der Waals surface area contributed by atoms with E-state index in [1.165, 1.54) is 0 Å². The number of nitrogens with one attached hydrogen (secondary N) is 1. The lowest BCUT2D eigenvalue weighted by Crippen LogP contribution is -1.96. The molecular weight excluding hydrogens is 270 g/mol. The van der Waals surface area contributed by atoms with Crippen LogP contribution in [0.1, 0.15) is 5.56 Å². The summed E-state index contributed by atoms with van der Waals surface area (Å²) in [7, 11) is 0. The number of halogens is 1. The molecule has 0 saturated heterocycles. The second kappa shape index (κ2) is 5.02. The molecule has 0 amide bonds. The fourth-order valence-corrected chi connectivity index (χ4v) is 2.38. The Morgan fingerprint density at radius 2 is 2.00 bits per heavy atom.